The number of hydrogen-bond donors (Lipinski definition) is 1. The highest BCUT2D eigenvalue weighted by Crippen LogP contribution is 2.27. The molecule has 8 heteroatoms. The number of rotatable bonds is 3. The number of fused-ring (bicyclic) bond motifs is 1. The van der Waals surface area contributed by atoms with Crippen molar-refractivity contribution < 1.29 is 13.6 Å². The molecule has 0 atom stereocenters. The minimum absolute atomic E-state index is 0.219. The highest BCUT2D eigenvalue weighted by Gasteiger charge is 2.22. The molecule has 2 heterocycles. The standard InChI is InChI=1S/C25H21F2N5O/c26-21-9-8-18(16-22(21)27)28-25(33)32-14-12-31(13-15-32)24-11-10-23(29-30-24)20-7-3-5-17-4-1-2-6-19(17)20/h1-11,16H,12-15H2,(H,28,33). The summed E-state index contributed by atoms with van der Waals surface area (Å²) in [6.07, 6.45) is 0. The van der Waals surface area contributed by atoms with Crippen molar-refractivity contribution in [2.45, 2.75) is 0 Å². The van der Waals surface area contributed by atoms with Gasteiger partial charge >= 0.3 is 6.03 Å². The fourth-order valence-electron chi connectivity index (χ4n) is 4.00. The lowest BCUT2D eigenvalue weighted by atomic mass is 10.0. The first kappa shape index (κ1) is 20.8. The van der Waals surface area contributed by atoms with Crippen molar-refractivity contribution in [3.05, 3.63) is 84.4 Å². The predicted molar refractivity (Wildman–Crippen MR) is 124 cm³/mol. The quantitative estimate of drug-likeness (QED) is 0.486. The number of piperazine rings is 1. The molecule has 1 aromatic heterocycles. The molecule has 1 N–H and O–H groups in total. The number of nitrogens with zero attached hydrogens (tertiary/aromatic N) is 4. The smallest absolute Gasteiger partial charge is 0.321 e. The molecule has 0 aliphatic carbocycles. The van der Waals surface area contributed by atoms with E-state index in [2.05, 4.69) is 38.6 Å². The van der Waals surface area contributed by atoms with Gasteiger partial charge in [0, 0.05) is 43.5 Å². The summed E-state index contributed by atoms with van der Waals surface area (Å²) in [7, 11) is 0. The molecule has 1 saturated heterocycles. The van der Waals surface area contributed by atoms with E-state index in [1.54, 1.807) is 4.90 Å². The zero-order valence-electron chi connectivity index (χ0n) is 17.7. The van der Waals surface area contributed by atoms with Gasteiger partial charge in [0.1, 0.15) is 0 Å². The molecule has 33 heavy (non-hydrogen) atoms. The number of urea groups is 1. The Kier molecular flexibility index (Phi) is 5.56. The third-order valence-electron chi connectivity index (χ3n) is 5.78. The van der Waals surface area contributed by atoms with Gasteiger partial charge in [0.2, 0.25) is 0 Å². The summed E-state index contributed by atoms with van der Waals surface area (Å²) in [5.41, 5.74) is 2.06. The molecule has 5 rings (SSSR count). The van der Waals surface area contributed by atoms with Gasteiger partial charge in [-0.25, -0.2) is 13.6 Å². The molecule has 4 aromatic rings. The van der Waals surface area contributed by atoms with E-state index in [1.165, 1.54) is 6.07 Å². The van der Waals surface area contributed by atoms with E-state index in [0.29, 0.717) is 26.2 Å². The zero-order chi connectivity index (χ0) is 22.8. The van der Waals surface area contributed by atoms with Crippen LogP contribution >= 0.6 is 0 Å². The van der Waals surface area contributed by atoms with Crippen molar-refractivity contribution in [2.75, 3.05) is 36.4 Å². The molecular formula is C25H21F2N5O. The Morgan fingerprint density at radius 1 is 0.818 bits per heavy atom. The van der Waals surface area contributed by atoms with Crippen LogP contribution < -0.4 is 10.2 Å². The first-order chi connectivity index (χ1) is 16.1. The number of anilines is 2. The van der Waals surface area contributed by atoms with E-state index >= 15 is 0 Å². The third kappa shape index (κ3) is 4.32. The first-order valence-electron chi connectivity index (χ1n) is 10.7. The van der Waals surface area contributed by atoms with Crippen molar-refractivity contribution >= 4 is 28.3 Å². The van der Waals surface area contributed by atoms with Gasteiger partial charge in [-0.05, 0) is 35.0 Å². The van der Waals surface area contributed by atoms with Gasteiger partial charge in [0.05, 0.1) is 5.69 Å². The lowest BCUT2D eigenvalue weighted by molar-refractivity contribution is 0.208. The van der Waals surface area contributed by atoms with Gasteiger partial charge in [-0.3, -0.25) is 0 Å². The number of carbonyl (C=O) groups is 1. The van der Waals surface area contributed by atoms with Crippen molar-refractivity contribution in [1.29, 1.82) is 0 Å². The monoisotopic (exact) mass is 445 g/mol. The maximum absolute atomic E-state index is 13.4. The van der Waals surface area contributed by atoms with Crippen LogP contribution in [0.3, 0.4) is 0 Å². The van der Waals surface area contributed by atoms with Crippen LogP contribution in [0.25, 0.3) is 22.0 Å². The van der Waals surface area contributed by atoms with E-state index in [0.717, 1.165) is 40.0 Å². The van der Waals surface area contributed by atoms with E-state index in [4.69, 9.17) is 0 Å². The van der Waals surface area contributed by atoms with Crippen molar-refractivity contribution in [2.24, 2.45) is 0 Å². The average molecular weight is 445 g/mol. The van der Waals surface area contributed by atoms with Crippen LogP contribution in [0.1, 0.15) is 0 Å². The Hall–Kier alpha value is -4.07. The highest BCUT2D eigenvalue weighted by molar-refractivity contribution is 5.95. The van der Waals surface area contributed by atoms with E-state index < -0.39 is 11.6 Å². The highest BCUT2D eigenvalue weighted by atomic mass is 19.2. The minimum Gasteiger partial charge on any atom is -0.352 e. The second-order valence-electron chi connectivity index (χ2n) is 7.84. The largest absolute Gasteiger partial charge is 0.352 e. The van der Waals surface area contributed by atoms with Gasteiger partial charge in [0.15, 0.2) is 17.5 Å². The SMILES string of the molecule is O=C(Nc1ccc(F)c(F)c1)N1CCN(c2ccc(-c3cccc4ccccc34)nn2)CC1. The Balaban J connectivity index is 1.23. The lowest BCUT2D eigenvalue weighted by Crippen LogP contribution is -2.50. The molecule has 0 saturated carbocycles. The lowest BCUT2D eigenvalue weighted by Gasteiger charge is -2.35. The van der Waals surface area contributed by atoms with Crippen molar-refractivity contribution in [3.8, 4) is 11.3 Å². The molecule has 2 amide bonds. The molecule has 0 unspecified atom stereocenters. The molecule has 3 aromatic carbocycles. The number of carbonyl (C=O) groups excluding carboxylic acids is 1. The molecule has 0 bridgehead atoms. The van der Waals surface area contributed by atoms with Gasteiger partial charge < -0.3 is 15.1 Å². The number of benzene rings is 3. The Labute approximate surface area is 189 Å². The molecule has 0 spiro atoms. The van der Waals surface area contributed by atoms with Crippen molar-refractivity contribution in [1.82, 2.24) is 15.1 Å². The average Bonchev–Trinajstić information content (AvgIpc) is 2.86. The third-order valence-corrected chi connectivity index (χ3v) is 5.78. The van der Waals surface area contributed by atoms with Crippen LogP contribution in [0.4, 0.5) is 25.1 Å². The number of hydrogen-bond acceptors (Lipinski definition) is 4. The molecule has 0 radical (unpaired) electrons. The topological polar surface area (TPSA) is 61.4 Å². The van der Waals surface area contributed by atoms with Gasteiger partial charge in [-0.2, -0.15) is 0 Å². The maximum atomic E-state index is 13.4. The Morgan fingerprint density at radius 3 is 2.36 bits per heavy atom. The number of amides is 2. The van der Waals surface area contributed by atoms with E-state index in [1.807, 2.05) is 36.4 Å². The second kappa shape index (κ2) is 8.82. The molecule has 1 aliphatic heterocycles. The summed E-state index contributed by atoms with van der Waals surface area (Å²) in [5, 5.41) is 13.8. The van der Waals surface area contributed by atoms with Gasteiger partial charge in [0.25, 0.3) is 0 Å². The van der Waals surface area contributed by atoms with Gasteiger partial charge in [-0.1, -0.05) is 42.5 Å². The fraction of sp³-hybridized carbons (Fsp3) is 0.160. The number of nitrogens with one attached hydrogen (secondary N) is 1. The molecular weight excluding hydrogens is 424 g/mol. The first-order valence-corrected chi connectivity index (χ1v) is 10.7. The summed E-state index contributed by atoms with van der Waals surface area (Å²) in [5.74, 6) is -1.20. The zero-order valence-corrected chi connectivity index (χ0v) is 17.7. The summed E-state index contributed by atoms with van der Waals surface area (Å²) in [6, 6.07) is 21.1. The molecule has 166 valence electrons. The summed E-state index contributed by atoms with van der Waals surface area (Å²) in [6.45, 7) is 2.13. The fourth-order valence-corrected chi connectivity index (χ4v) is 4.00. The predicted octanol–water partition coefficient (Wildman–Crippen LogP) is 4.93. The Bertz CT molecular complexity index is 1300. The normalized spacial score (nSPS) is 13.9. The van der Waals surface area contributed by atoms with E-state index in [-0.39, 0.29) is 11.7 Å². The minimum atomic E-state index is -0.997. The summed E-state index contributed by atoms with van der Waals surface area (Å²) < 4.78 is 26.4. The summed E-state index contributed by atoms with van der Waals surface area (Å²) in [4.78, 5) is 16.2. The molecule has 1 aliphatic rings. The number of halogens is 2. The van der Waals surface area contributed by atoms with Crippen LogP contribution in [0, 0.1) is 11.6 Å². The molecule has 1 fully saturated rings. The maximum Gasteiger partial charge on any atom is 0.321 e. The molecule has 6 nitrogen and oxygen atoms in total. The Morgan fingerprint density at radius 2 is 1.61 bits per heavy atom. The second-order valence-corrected chi connectivity index (χ2v) is 7.84. The van der Waals surface area contributed by atoms with Crippen LogP contribution in [-0.2, 0) is 0 Å². The summed E-state index contributed by atoms with van der Waals surface area (Å²) >= 11 is 0. The van der Waals surface area contributed by atoms with Crippen molar-refractivity contribution in [3.63, 3.8) is 0 Å². The van der Waals surface area contributed by atoms with Crippen LogP contribution in [-0.4, -0.2) is 47.3 Å². The van der Waals surface area contributed by atoms with Crippen LogP contribution in [0.5, 0.6) is 0 Å². The van der Waals surface area contributed by atoms with Gasteiger partial charge in [-0.15, -0.1) is 10.2 Å². The number of aromatic nitrogens is 2. The van der Waals surface area contributed by atoms with Crippen LogP contribution in [0.15, 0.2) is 72.8 Å². The van der Waals surface area contributed by atoms with E-state index in [9.17, 15) is 13.6 Å². The van der Waals surface area contributed by atoms with Crippen LogP contribution in [0.2, 0.25) is 0 Å².